The van der Waals surface area contributed by atoms with Crippen LogP contribution in [0.25, 0.3) is 0 Å². The van der Waals surface area contributed by atoms with Gasteiger partial charge in [-0.15, -0.1) is 10.2 Å². The molecule has 22 heavy (non-hydrogen) atoms. The van der Waals surface area contributed by atoms with Crippen LogP contribution in [0.1, 0.15) is 42.4 Å². The summed E-state index contributed by atoms with van der Waals surface area (Å²) in [4.78, 5) is 15.4. The third-order valence-electron chi connectivity index (χ3n) is 4.20. The van der Waals surface area contributed by atoms with Gasteiger partial charge in [0.1, 0.15) is 17.3 Å². The number of rotatable bonds is 5. The van der Waals surface area contributed by atoms with E-state index in [9.17, 15) is 9.18 Å². The molecule has 0 saturated heterocycles. The Balaban J connectivity index is 1.74. The number of anilines is 1. The first-order chi connectivity index (χ1) is 10.6. The Morgan fingerprint density at radius 2 is 2.14 bits per heavy atom. The third kappa shape index (κ3) is 2.68. The van der Waals surface area contributed by atoms with Gasteiger partial charge >= 0.3 is 0 Å². The minimum Gasteiger partial charge on any atom is -0.368 e. The largest absolute Gasteiger partial charge is 0.368 e. The molecule has 0 aromatic carbocycles. The summed E-state index contributed by atoms with van der Waals surface area (Å²) in [5.41, 5.74) is 0.563. The zero-order valence-electron chi connectivity index (χ0n) is 12.3. The molecular formula is C16H17FN4O. The van der Waals surface area contributed by atoms with Crippen molar-refractivity contribution in [3.63, 3.8) is 0 Å². The van der Waals surface area contributed by atoms with Gasteiger partial charge in [-0.05, 0) is 37.1 Å². The van der Waals surface area contributed by atoms with Crippen LogP contribution >= 0.6 is 0 Å². The zero-order valence-corrected chi connectivity index (χ0v) is 12.3. The molecule has 1 fully saturated rings. The molecule has 1 N–H and O–H groups in total. The van der Waals surface area contributed by atoms with E-state index in [4.69, 9.17) is 0 Å². The lowest BCUT2D eigenvalue weighted by Crippen LogP contribution is -2.42. The highest BCUT2D eigenvalue weighted by Gasteiger charge is 2.41. The van der Waals surface area contributed by atoms with Gasteiger partial charge in [-0.2, -0.15) is 0 Å². The van der Waals surface area contributed by atoms with Crippen molar-refractivity contribution in [2.75, 3.05) is 11.9 Å². The van der Waals surface area contributed by atoms with Crippen molar-refractivity contribution in [3.8, 4) is 0 Å². The molecular weight excluding hydrogens is 283 g/mol. The summed E-state index contributed by atoms with van der Waals surface area (Å²) in [5.74, 6) is 0.194. The summed E-state index contributed by atoms with van der Waals surface area (Å²) in [6, 6.07) is 6.39. The van der Waals surface area contributed by atoms with Gasteiger partial charge < -0.3 is 5.32 Å². The Labute approximate surface area is 128 Å². The number of nitrogens with one attached hydrogen (secondary N) is 1. The fourth-order valence-corrected chi connectivity index (χ4v) is 2.75. The Kier molecular flexibility index (Phi) is 3.83. The van der Waals surface area contributed by atoms with Gasteiger partial charge in [0, 0.05) is 25.1 Å². The monoisotopic (exact) mass is 300 g/mol. The van der Waals surface area contributed by atoms with Gasteiger partial charge in [0.25, 0.3) is 0 Å². The van der Waals surface area contributed by atoms with Crippen molar-refractivity contribution >= 4 is 11.6 Å². The Hall–Kier alpha value is -2.37. The normalized spacial score (nSPS) is 15.9. The maximum absolute atomic E-state index is 14.0. The van der Waals surface area contributed by atoms with Crippen molar-refractivity contribution in [1.82, 2.24) is 15.2 Å². The summed E-state index contributed by atoms with van der Waals surface area (Å²) in [5, 5.41) is 11.0. The molecule has 114 valence electrons. The lowest BCUT2D eigenvalue weighted by atomic mass is 9.66. The standard InChI is InChI=1S/C16H17FN4O/c1-11(22)13-5-6-14(21-20-13)19-10-16(7-3-8-16)15-12(17)4-2-9-18-15/h2,4-6,9H,3,7-8,10H2,1H3,(H,19,21). The molecule has 1 aliphatic rings. The van der Waals surface area contributed by atoms with E-state index in [2.05, 4.69) is 20.5 Å². The van der Waals surface area contributed by atoms with Crippen LogP contribution in [-0.2, 0) is 5.41 Å². The van der Waals surface area contributed by atoms with E-state index in [-0.39, 0.29) is 17.0 Å². The SMILES string of the molecule is CC(=O)c1ccc(NCC2(c3ncccc3F)CCC2)nn1. The quantitative estimate of drug-likeness (QED) is 0.860. The molecule has 1 saturated carbocycles. The predicted molar refractivity (Wildman–Crippen MR) is 80.3 cm³/mol. The molecule has 3 rings (SSSR count). The van der Waals surface area contributed by atoms with E-state index >= 15 is 0 Å². The second-order valence-corrected chi connectivity index (χ2v) is 5.68. The lowest BCUT2D eigenvalue weighted by Gasteiger charge is -2.41. The molecule has 5 nitrogen and oxygen atoms in total. The maximum Gasteiger partial charge on any atom is 0.180 e. The highest BCUT2D eigenvalue weighted by atomic mass is 19.1. The fourth-order valence-electron chi connectivity index (χ4n) is 2.75. The van der Waals surface area contributed by atoms with Crippen LogP contribution < -0.4 is 5.32 Å². The summed E-state index contributed by atoms with van der Waals surface area (Å²) in [6.07, 6.45) is 4.48. The molecule has 2 heterocycles. The lowest BCUT2D eigenvalue weighted by molar-refractivity contribution is 0.101. The number of carbonyl (C=O) groups is 1. The third-order valence-corrected chi connectivity index (χ3v) is 4.20. The summed E-state index contributed by atoms with van der Waals surface area (Å²) >= 11 is 0. The smallest absolute Gasteiger partial charge is 0.180 e. The van der Waals surface area contributed by atoms with E-state index in [1.807, 2.05) is 0 Å². The average molecular weight is 300 g/mol. The Morgan fingerprint density at radius 3 is 2.68 bits per heavy atom. The van der Waals surface area contributed by atoms with E-state index in [1.54, 1.807) is 24.4 Å². The number of hydrogen-bond acceptors (Lipinski definition) is 5. The van der Waals surface area contributed by atoms with E-state index < -0.39 is 0 Å². The van der Waals surface area contributed by atoms with Gasteiger partial charge in [-0.25, -0.2) is 4.39 Å². The summed E-state index contributed by atoms with van der Waals surface area (Å²) in [6.45, 7) is 2.00. The van der Waals surface area contributed by atoms with Gasteiger partial charge in [0.15, 0.2) is 5.78 Å². The summed E-state index contributed by atoms with van der Waals surface area (Å²) in [7, 11) is 0. The van der Waals surface area contributed by atoms with Crippen molar-refractivity contribution in [1.29, 1.82) is 0 Å². The molecule has 0 spiro atoms. The number of nitrogens with zero attached hydrogens (tertiary/aromatic N) is 3. The molecule has 0 amide bonds. The molecule has 1 aliphatic carbocycles. The summed E-state index contributed by atoms with van der Waals surface area (Å²) < 4.78 is 14.0. The average Bonchev–Trinajstić information content (AvgIpc) is 2.48. The molecule has 2 aromatic rings. The zero-order chi connectivity index (χ0) is 15.6. The number of aromatic nitrogens is 3. The fraction of sp³-hybridized carbons (Fsp3) is 0.375. The number of Topliss-reactive ketones (excluding diaryl/α,β-unsaturated/α-hetero) is 1. The van der Waals surface area contributed by atoms with E-state index in [1.165, 1.54) is 13.0 Å². The maximum atomic E-state index is 14.0. The number of pyridine rings is 1. The molecule has 0 aliphatic heterocycles. The topological polar surface area (TPSA) is 67.8 Å². The van der Waals surface area contributed by atoms with Crippen molar-refractivity contribution in [2.45, 2.75) is 31.6 Å². The van der Waals surface area contributed by atoms with Gasteiger partial charge in [0.05, 0.1) is 5.69 Å². The molecule has 6 heteroatoms. The molecule has 0 atom stereocenters. The van der Waals surface area contributed by atoms with Crippen molar-refractivity contribution < 1.29 is 9.18 Å². The number of halogens is 1. The highest BCUT2D eigenvalue weighted by Crippen LogP contribution is 2.43. The van der Waals surface area contributed by atoms with Crippen LogP contribution in [0, 0.1) is 5.82 Å². The Bertz CT molecular complexity index is 683. The second-order valence-electron chi connectivity index (χ2n) is 5.68. The first-order valence-electron chi connectivity index (χ1n) is 7.30. The minimum atomic E-state index is -0.285. The second kappa shape index (κ2) is 5.79. The number of hydrogen-bond donors (Lipinski definition) is 1. The van der Waals surface area contributed by atoms with E-state index in [0.717, 1.165) is 19.3 Å². The number of ketones is 1. The molecule has 0 bridgehead atoms. The van der Waals surface area contributed by atoms with Crippen molar-refractivity contribution in [3.05, 3.63) is 47.7 Å². The Morgan fingerprint density at radius 1 is 1.32 bits per heavy atom. The van der Waals surface area contributed by atoms with E-state index in [0.29, 0.717) is 23.8 Å². The van der Waals surface area contributed by atoms with Gasteiger partial charge in [-0.3, -0.25) is 9.78 Å². The van der Waals surface area contributed by atoms with Crippen LogP contribution in [0.3, 0.4) is 0 Å². The number of carbonyl (C=O) groups excluding carboxylic acids is 1. The van der Waals surface area contributed by atoms with Crippen LogP contribution in [0.5, 0.6) is 0 Å². The first kappa shape index (κ1) is 14.6. The highest BCUT2D eigenvalue weighted by molar-refractivity contribution is 5.91. The van der Waals surface area contributed by atoms with Crippen molar-refractivity contribution in [2.24, 2.45) is 0 Å². The predicted octanol–water partition coefficient (Wildman–Crippen LogP) is 2.75. The molecule has 0 unspecified atom stereocenters. The first-order valence-corrected chi connectivity index (χ1v) is 7.30. The van der Waals surface area contributed by atoms with Crippen LogP contribution in [0.4, 0.5) is 10.2 Å². The van der Waals surface area contributed by atoms with Gasteiger partial charge in [0.2, 0.25) is 0 Å². The molecule has 2 aromatic heterocycles. The van der Waals surface area contributed by atoms with Crippen LogP contribution in [-0.4, -0.2) is 27.5 Å². The minimum absolute atomic E-state index is 0.120. The van der Waals surface area contributed by atoms with Gasteiger partial charge in [-0.1, -0.05) is 6.42 Å². The van der Waals surface area contributed by atoms with Crippen LogP contribution in [0.2, 0.25) is 0 Å². The van der Waals surface area contributed by atoms with Crippen LogP contribution in [0.15, 0.2) is 30.5 Å². The molecule has 0 radical (unpaired) electrons.